The first-order chi connectivity index (χ1) is 7.99. The van der Waals surface area contributed by atoms with Crippen molar-refractivity contribution in [2.45, 2.75) is 39.0 Å². The van der Waals surface area contributed by atoms with Crippen molar-refractivity contribution >= 4 is 0 Å². The van der Waals surface area contributed by atoms with E-state index in [0.717, 1.165) is 5.56 Å². The molecule has 0 amide bonds. The minimum absolute atomic E-state index is 0.153. The summed E-state index contributed by atoms with van der Waals surface area (Å²) in [7, 11) is 1.89. The second kappa shape index (κ2) is 6.74. The summed E-state index contributed by atoms with van der Waals surface area (Å²) in [5, 5.41) is 17.1. The van der Waals surface area contributed by atoms with Crippen molar-refractivity contribution in [3.05, 3.63) is 18.0 Å². The van der Waals surface area contributed by atoms with Crippen LogP contribution < -0.4 is 5.32 Å². The minimum Gasteiger partial charge on any atom is -0.389 e. The Hall–Kier alpha value is -0.910. The molecule has 98 valence electrons. The van der Waals surface area contributed by atoms with Crippen molar-refractivity contribution in [2.24, 2.45) is 7.05 Å². The predicted molar refractivity (Wildman–Crippen MR) is 66.7 cm³/mol. The molecule has 0 aliphatic carbocycles. The van der Waals surface area contributed by atoms with Crippen molar-refractivity contribution < 1.29 is 9.84 Å². The maximum absolute atomic E-state index is 9.69. The molecule has 1 rings (SSSR count). The van der Waals surface area contributed by atoms with Crippen LogP contribution in [0, 0.1) is 0 Å². The van der Waals surface area contributed by atoms with Gasteiger partial charge in [-0.3, -0.25) is 4.68 Å². The molecule has 17 heavy (non-hydrogen) atoms. The summed E-state index contributed by atoms with van der Waals surface area (Å²) in [6.07, 6.45) is 3.47. The zero-order valence-corrected chi connectivity index (χ0v) is 11.1. The van der Waals surface area contributed by atoms with Gasteiger partial charge in [-0.15, -0.1) is 0 Å². The van der Waals surface area contributed by atoms with Gasteiger partial charge in [0.15, 0.2) is 0 Å². The number of hydrogen-bond acceptors (Lipinski definition) is 4. The lowest BCUT2D eigenvalue weighted by Crippen LogP contribution is -2.32. The molecule has 1 aromatic rings. The zero-order chi connectivity index (χ0) is 12.8. The average molecular weight is 241 g/mol. The first-order valence-corrected chi connectivity index (χ1v) is 6.00. The topological polar surface area (TPSA) is 59.3 Å². The maximum atomic E-state index is 9.69. The fourth-order valence-corrected chi connectivity index (χ4v) is 1.46. The maximum Gasteiger partial charge on any atom is 0.0898 e. The first kappa shape index (κ1) is 14.2. The lowest BCUT2D eigenvalue weighted by molar-refractivity contribution is 0.00560. The van der Waals surface area contributed by atoms with Gasteiger partial charge in [-0.25, -0.2) is 0 Å². The van der Waals surface area contributed by atoms with Crippen molar-refractivity contribution in [1.29, 1.82) is 0 Å². The van der Waals surface area contributed by atoms with Gasteiger partial charge in [0.1, 0.15) is 0 Å². The third-order valence-electron chi connectivity index (χ3n) is 2.51. The van der Waals surface area contributed by atoms with E-state index in [1.807, 2.05) is 40.2 Å². The van der Waals surface area contributed by atoms with Crippen LogP contribution in [0.15, 0.2) is 12.4 Å². The van der Waals surface area contributed by atoms with E-state index in [2.05, 4.69) is 10.4 Å². The molecule has 1 aromatic heterocycles. The van der Waals surface area contributed by atoms with Gasteiger partial charge in [-0.2, -0.15) is 5.10 Å². The molecule has 5 nitrogen and oxygen atoms in total. The predicted octanol–water partition coefficient (Wildman–Crippen LogP) is 0.857. The third kappa shape index (κ3) is 5.30. The van der Waals surface area contributed by atoms with Gasteiger partial charge in [-0.05, 0) is 20.8 Å². The summed E-state index contributed by atoms with van der Waals surface area (Å²) < 4.78 is 7.11. The van der Waals surface area contributed by atoms with E-state index in [1.54, 1.807) is 4.68 Å². The van der Waals surface area contributed by atoms with Gasteiger partial charge in [0.05, 0.1) is 25.0 Å². The quantitative estimate of drug-likeness (QED) is 0.743. The summed E-state index contributed by atoms with van der Waals surface area (Å²) >= 11 is 0. The number of hydrogen-bond donors (Lipinski definition) is 2. The van der Waals surface area contributed by atoms with Crippen LogP contribution in [0.4, 0.5) is 0 Å². The molecule has 0 aliphatic rings. The fraction of sp³-hybridized carbons (Fsp3) is 0.750. The minimum atomic E-state index is -0.475. The van der Waals surface area contributed by atoms with Gasteiger partial charge < -0.3 is 15.2 Å². The van der Waals surface area contributed by atoms with Crippen LogP contribution in [-0.4, -0.2) is 40.2 Å². The molecular formula is C12H23N3O2. The molecular weight excluding hydrogens is 218 g/mol. The molecule has 2 atom stereocenters. The zero-order valence-electron chi connectivity index (χ0n) is 11.1. The van der Waals surface area contributed by atoms with Gasteiger partial charge in [0.25, 0.3) is 0 Å². The van der Waals surface area contributed by atoms with E-state index in [-0.39, 0.29) is 12.1 Å². The van der Waals surface area contributed by atoms with E-state index < -0.39 is 6.10 Å². The fourth-order valence-electron chi connectivity index (χ4n) is 1.46. The molecule has 2 unspecified atom stereocenters. The van der Waals surface area contributed by atoms with Crippen molar-refractivity contribution in [3.63, 3.8) is 0 Å². The molecule has 0 aromatic carbocycles. The normalized spacial score (nSPS) is 15.2. The summed E-state index contributed by atoms with van der Waals surface area (Å²) in [4.78, 5) is 0. The number of aliphatic hydroxyl groups excluding tert-OH is 1. The van der Waals surface area contributed by atoms with E-state index in [9.17, 15) is 5.11 Å². The molecule has 0 aliphatic heterocycles. The second-order valence-corrected chi connectivity index (χ2v) is 4.61. The van der Waals surface area contributed by atoms with E-state index in [1.165, 1.54) is 0 Å². The molecule has 0 spiro atoms. The SMILES string of the molecule is CC(C)OCC(O)CNC(C)c1cnn(C)c1. The second-order valence-electron chi connectivity index (χ2n) is 4.61. The highest BCUT2D eigenvalue weighted by atomic mass is 16.5. The van der Waals surface area contributed by atoms with E-state index in [4.69, 9.17) is 4.74 Å². The lowest BCUT2D eigenvalue weighted by atomic mass is 10.2. The number of aliphatic hydroxyl groups is 1. The molecule has 0 bridgehead atoms. The van der Waals surface area contributed by atoms with Crippen LogP contribution in [0.25, 0.3) is 0 Å². The smallest absolute Gasteiger partial charge is 0.0898 e. The largest absolute Gasteiger partial charge is 0.389 e. The summed E-state index contributed by atoms with van der Waals surface area (Å²) in [6.45, 7) is 6.84. The monoisotopic (exact) mass is 241 g/mol. The molecule has 0 radical (unpaired) electrons. The first-order valence-electron chi connectivity index (χ1n) is 6.00. The number of ether oxygens (including phenoxy) is 1. The highest BCUT2D eigenvalue weighted by Gasteiger charge is 2.10. The average Bonchev–Trinajstić information content (AvgIpc) is 2.70. The number of nitrogens with one attached hydrogen (secondary N) is 1. The number of rotatable bonds is 7. The molecule has 1 heterocycles. The van der Waals surface area contributed by atoms with Crippen LogP contribution in [-0.2, 0) is 11.8 Å². The van der Waals surface area contributed by atoms with E-state index >= 15 is 0 Å². The molecule has 0 saturated carbocycles. The van der Waals surface area contributed by atoms with Crippen LogP contribution in [0.5, 0.6) is 0 Å². The Labute approximate surface area is 103 Å². The van der Waals surface area contributed by atoms with Crippen LogP contribution in [0.3, 0.4) is 0 Å². The van der Waals surface area contributed by atoms with E-state index in [0.29, 0.717) is 13.2 Å². The number of aryl methyl sites for hydroxylation is 1. The molecule has 2 N–H and O–H groups in total. The highest BCUT2D eigenvalue weighted by molar-refractivity contribution is 5.08. The molecule has 0 saturated heterocycles. The van der Waals surface area contributed by atoms with Gasteiger partial charge in [0, 0.05) is 31.4 Å². The van der Waals surface area contributed by atoms with Crippen LogP contribution >= 0.6 is 0 Å². The Kier molecular flexibility index (Phi) is 5.61. The summed E-state index contributed by atoms with van der Waals surface area (Å²) in [5.41, 5.74) is 1.12. The van der Waals surface area contributed by atoms with Crippen molar-refractivity contribution in [1.82, 2.24) is 15.1 Å². The number of aromatic nitrogens is 2. The van der Waals surface area contributed by atoms with Gasteiger partial charge >= 0.3 is 0 Å². The Morgan fingerprint density at radius 1 is 1.47 bits per heavy atom. The standard InChI is InChI=1S/C12H23N3O2/c1-9(2)17-8-12(16)6-13-10(3)11-5-14-15(4)7-11/h5,7,9-10,12-13,16H,6,8H2,1-4H3. The highest BCUT2D eigenvalue weighted by Crippen LogP contribution is 2.09. The summed E-state index contributed by atoms with van der Waals surface area (Å²) in [6, 6.07) is 0.178. The Balaban J connectivity index is 2.25. The van der Waals surface area contributed by atoms with Crippen molar-refractivity contribution in [3.8, 4) is 0 Å². The summed E-state index contributed by atoms with van der Waals surface area (Å²) in [5.74, 6) is 0. The Morgan fingerprint density at radius 2 is 2.18 bits per heavy atom. The van der Waals surface area contributed by atoms with Crippen LogP contribution in [0.1, 0.15) is 32.4 Å². The Morgan fingerprint density at radius 3 is 2.71 bits per heavy atom. The van der Waals surface area contributed by atoms with Crippen LogP contribution in [0.2, 0.25) is 0 Å². The third-order valence-corrected chi connectivity index (χ3v) is 2.51. The molecule has 0 fully saturated rings. The Bertz CT molecular complexity index is 325. The van der Waals surface area contributed by atoms with Gasteiger partial charge in [-0.1, -0.05) is 0 Å². The number of nitrogens with zero attached hydrogens (tertiary/aromatic N) is 2. The molecule has 5 heteroatoms. The lowest BCUT2D eigenvalue weighted by Gasteiger charge is -2.17. The van der Waals surface area contributed by atoms with Crippen molar-refractivity contribution in [2.75, 3.05) is 13.2 Å². The van der Waals surface area contributed by atoms with Gasteiger partial charge in [0.2, 0.25) is 0 Å².